The number of H-pyrrole nitrogens is 1. The molecule has 10 heteroatoms. The third-order valence-electron chi connectivity index (χ3n) is 4.92. The number of nitrogens with zero attached hydrogens (tertiary/aromatic N) is 1. The molecule has 5 N–H and O–H groups in total. The van der Waals surface area contributed by atoms with Crippen LogP contribution in [-0.4, -0.2) is 29.6 Å². The van der Waals surface area contributed by atoms with Crippen LogP contribution in [0.3, 0.4) is 0 Å². The van der Waals surface area contributed by atoms with E-state index in [0.717, 1.165) is 16.7 Å². The zero-order valence-electron chi connectivity index (χ0n) is 15.7. The first-order valence-corrected chi connectivity index (χ1v) is 11.3. The van der Waals surface area contributed by atoms with Gasteiger partial charge < -0.3 is 15.8 Å². The second kappa shape index (κ2) is 7.75. The van der Waals surface area contributed by atoms with Gasteiger partial charge in [0.1, 0.15) is 16.7 Å². The Morgan fingerprint density at radius 2 is 1.90 bits per heavy atom. The molecule has 1 aromatic heterocycles. The van der Waals surface area contributed by atoms with E-state index < -0.39 is 22.0 Å². The van der Waals surface area contributed by atoms with Crippen molar-refractivity contribution in [1.29, 1.82) is 0 Å². The zero-order chi connectivity index (χ0) is 21.5. The van der Waals surface area contributed by atoms with Gasteiger partial charge in [0.2, 0.25) is 0 Å². The second-order valence-electron chi connectivity index (χ2n) is 7.24. The van der Waals surface area contributed by atoms with Crippen LogP contribution >= 0.6 is 11.6 Å². The topological polar surface area (TPSA) is 138 Å². The number of halogens is 1. The van der Waals surface area contributed by atoms with Crippen LogP contribution < -0.4 is 11.1 Å². The van der Waals surface area contributed by atoms with Crippen molar-refractivity contribution in [3.05, 3.63) is 70.1 Å². The van der Waals surface area contributed by atoms with Gasteiger partial charge in [0.25, 0.3) is 0 Å². The number of amides is 1. The summed E-state index contributed by atoms with van der Waals surface area (Å²) in [4.78, 5) is 18.2. The van der Waals surface area contributed by atoms with Crippen LogP contribution in [0.2, 0.25) is 5.15 Å². The molecule has 0 aliphatic carbocycles. The van der Waals surface area contributed by atoms with Crippen LogP contribution in [0.5, 0.6) is 0 Å². The van der Waals surface area contributed by atoms with Crippen molar-refractivity contribution in [3.63, 3.8) is 0 Å². The molecule has 0 unspecified atom stereocenters. The van der Waals surface area contributed by atoms with Crippen molar-refractivity contribution >= 4 is 33.2 Å². The SMILES string of the molecule is N[C@@H](Cc1ccc2c(c1)CS(=O)(=O)C2)c1nc(-c2ccc(NC(=O)O)cc2)c(Cl)[nH]1. The van der Waals surface area contributed by atoms with Crippen molar-refractivity contribution in [1.82, 2.24) is 9.97 Å². The Morgan fingerprint density at radius 1 is 1.20 bits per heavy atom. The van der Waals surface area contributed by atoms with Gasteiger partial charge in [-0.3, -0.25) is 5.32 Å². The van der Waals surface area contributed by atoms with Crippen molar-refractivity contribution in [2.45, 2.75) is 24.0 Å². The van der Waals surface area contributed by atoms with Gasteiger partial charge in [-0.25, -0.2) is 18.2 Å². The molecule has 0 spiro atoms. The van der Waals surface area contributed by atoms with E-state index in [4.69, 9.17) is 22.4 Å². The lowest BCUT2D eigenvalue weighted by atomic mass is 10.0. The average molecular weight is 447 g/mol. The Hall–Kier alpha value is -2.88. The number of aromatic nitrogens is 2. The largest absolute Gasteiger partial charge is 0.465 e. The number of carbonyl (C=O) groups is 1. The molecule has 2 heterocycles. The Kier molecular flexibility index (Phi) is 5.27. The van der Waals surface area contributed by atoms with Gasteiger partial charge in [0, 0.05) is 11.3 Å². The van der Waals surface area contributed by atoms with E-state index in [0.29, 0.717) is 34.3 Å². The van der Waals surface area contributed by atoms with Gasteiger partial charge >= 0.3 is 6.09 Å². The Labute approximate surface area is 178 Å². The highest BCUT2D eigenvalue weighted by Gasteiger charge is 2.25. The molecule has 30 heavy (non-hydrogen) atoms. The molecule has 4 rings (SSSR count). The quantitative estimate of drug-likeness (QED) is 0.473. The minimum atomic E-state index is -3.05. The van der Waals surface area contributed by atoms with Gasteiger partial charge in [-0.05, 0) is 35.2 Å². The van der Waals surface area contributed by atoms with Crippen LogP contribution in [0, 0.1) is 0 Å². The first-order chi connectivity index (χ1) is 14.2. The van der Waals surface area contributed by atoms with E-state index in [9.17, 15) is 13.2 Å². The average Bonchev–Trinajstić information content (AvgIpc) is 3.20. The lowest BCUT2D eigenvalue weighted by molar-refractivity contribution is 0.209. The highest BCUT2D eigenvalue weighted by molar-refractivity contribution is 7.90. The summed E-state index contributed by atoms with van der Waals surface area (Å²) in [5.74, 6) is 0.664. The number of imidazole rings is 1. The van der Waals surface area contributed by atoms with Crippen LogP contribution in [0.15, 0.2) is 42.5 Å². The van der Waals surface area contributed by atoms with Crippen LogP contribution in [-0.2, 0) is 27.8 Å². The Morgan fingerprint density at radius 3 is 2.60 bits per heavy atom. The molecule has 1 atom stereocenters. The fourth-order valence-corrected chi connectivity index (χ4v) is 5.38. The molecule has 1 aliphatic heterocycles. The molecule has 2 aromatic carbocycles. The van der Waals surface area contributed by atoms with Crippen LogP contribution in [0.25, 0.3) is 11.3 Å². The van der Waals surface area contributed by atoms with Gasteiger partial charge in [0.15, 0.2) is 9.84 Å². The standard InChI is InChI=1S/C20H19ClN4O4S/c21-18-17(12-3-5-15(6-4-12)23-20(26)27)24-19(25-18)16(22)8-11-1-2-13-9-30(28,29)10-14(13)7-11/h1-7,16,23H,8-10,22H2,(H,24,25)(H,26,27)/t16-/m0/s1. The molecule has 0 radical (unpaired) electrons. The van der Waals surface area contributed by atoms with E-state index >= 15 is 0 Å². The van der Waals surface area contributed by atoms with Gasteiger partial charge in [-0.15, -0.1) is 0 Å². The third-order valence-corrected chi connectivity index (χ3v) is 6.69. The van der Waals surface area contributed by atoms with Crippen molar-refractivity contribution in [3.8, 4) is 11.3 Å². The lowest BCUT2D eigenvalue weighted by Gasteiger charge is -2.10. The monoisotopic (exact) mass is 446 g/mol. The number of anilines is 1. The highest BCUT2D eigenvalue weighted by Crippen LogP contribution is 2.30. The summed E-state index contributed by atoms with van der Waals surface area (Å²) in [6, 6.07) is 11.8. The van der Waals surface area contributed by atoms with Gasteiger partial charge in [0.05, 0.1) is 17.5 Å². The molecule has 0 saturated carbocycles. The van der Waals surface area contributed by atoms with Crippen molar-refractivity contribution in [2.24, 2.45) is 5.73 Å². The van der Waals surface area contributed by atoms with E-state index in [2.05, 4.69) is 15.3 Å². The summed E-state index contributed by atoms with van der Waals surface area (Å²) in [6.07, 6.45) is -0.670. The molecule has 1 aliphatic rings. The van der Waals surface area contributed by atoms with Crippen LogP contribution in [0.1, 0.15) is 28.6 Å². The molecule has 156 valence electrons. The maximum atomic E-state index is 11.8. The number of hydrogen-bond acceptors (Lipinski definition) is 5. The number of benzene rings is 2. The minimum Gasteiger partial charge on any atom is -0.465 e. The predicted octanol–water partition coefficient (Wildman–Crippen LogP) is 3.49. The number of aromatic amines is 1. The van der Waals surface area contributed by atoms with E-state index in [1.807, 2.05) is 18.2 Å². The van der Waals surface area contributed by atoms with Crippen LogP contribution in [0.4, 0.5) is 10.5 Å². The molecule has 1 amide bonds. The summed E-state index contributed by atoms with van der Waals surface area (Å²) < 4.78 is 23.6. The summed E-state index contributed by atoms with van der Waals surface area (Å²) in [6.45, 7) is 0. The minimum absolute atomic E-state index is 0.0644. The first-order valence-electron chi connectivity index (χ1n) is 9.12. The van der Waals surface area contributed by atoms with Gasteiger partial charge in [-0.2, -0.15) is 0 Å². The zero-order valence-corrected chi connectivity index (χ0v) is 17.3. The normalized spacial score (nSPS) is 15.5. The molecular weight excluding hydrogens is 428 g/mol. The predicted molar refractivity (Wildman–Crippen MR) is 114 cm³/mol. The maximum absolute atomic E-state index is 11.8. The molecule has 3 aromatic rings. The van der Waals surface area contributed by atoms with E-state index in [-0.39, 0.29) is 11.5 Å². The number of hydrogen-bond donors (Lipinski definition) is 4. The lowest BCUT2D eigenvalue weighted by Crippen LogP contribution is -2.15. The second-order valence-corrected chi connectivity index (χ2v) is 9.68. The fourth-order valence-electron chi connectivity index (χ4n) is 3.53. The van der Waals surface area contributed by atoms with Crippen molar-refractivity contribution < 1.29 is 18.3 Å². The molecular formula is C20H19ClN4O4S. The summed E-state index contributed by atoms with van der Waals surface area (Å²) in [7, 11) is -3.05. The Balaban J connectivity index is 1.51. The van der Waals surface area contributed by atoms with E-state index in [1.165, 1.54) is 0 Å². The summed E-state index contributed by atoms with van der Waals surface area (Å²) >= 11 is 6.31. The van der Waals surface area contributed by atoms with Gasteiger partial charge in [-0.1, -0.05) is 41.9 Å². The molecule has 0 saturated heterocycles. The summed E-state index contributed by atoms with van der Waals surface area (Å²) in [5.41, 5.74) is 10.6. The fraction of sp³-hybridized carbons (Fsp3) is 0.200. The number of rotatable bonds is 5. The van der Waals surface area contributed by atoms with E-state index in [1.54, 1.807) is 24.3 Å². The number of nitrogens with two attached hydrogens (primary N) is 1. The third kappa shape index (κ3) is 4.33. The first kappa shape index (κ1) is 20.4. The highest BCUT2D eigenvalue weighted by atomic mass is 35.5. The van der Waals surface area contributed by atoms with Crippen molar-refractivity contribution in [2.75, 3.05) is 5.32 Å². The summed E-state index contributed by atoms with van der Waals surface area (Å²) in [5, 5.41) is 11.4. The number of sulfone groups is 1. The maximum Gasteiger partial charge on any atom is 0.409 e. The molecule has 8 nitrogen and oxygen atoms in total. The molecule has 0 bridgehead atoms. The molecule has 0 fully saturated rings. The number of carboxylic acid groups (broad SMARTS) is 1. The smallest absolute Gasteiger partial charge is 0.409 e. The Bertz CT molecular complexity index is 1220. The number of fused-ring (bicyclic) bond motifs is 1. The number of nitrogens with one attached hydrogen (secondary N) is 2.